The number of halogens is 1. The van der Waals surface area contributed by atoms with Gasteiger partial charge in [0, 0.05) is 10.5 Å². The molecule has 0 saturated heterocycles. The van der Waals surface area contributed by atoms with Crippen molar-refractivity contribution in [2.24, 2.45) is 0 Å². The van der Waals surface area contributed by atoms with Crippen molar-refractivity contribution in [3.8, 4) is 5.75 Å². The number of ether oxygens (including phenoxy) is 1. The third-order valence-electron chi connectivity index (χ3n) is 3.94. The molecule has 1 atom stereocenters. The van der Waals surface area contributed by atoms with E-state index < -0.39 is 0 Å². The number of rotatable bonds is 6. The molecule has 0 bridgehead atoms. The van der Waals surface area contributed by atoms with E-state index >= 15 is 0 Å². The molecule has 0 radical (unpaired) electrons. The standard InChI is InChI=1S/C18H20BrNO/c19-17-9-4-8-16-15(17)10-11-18(16)20-12-5-13-21-14-6-2-1-3-7-14/h1-4,6-9,18,20H,5,10-13H2. The second kappa shape index (κ2) is 7.10. The van der Waals surface area contributed by atoms with Crippen LogP contribution in [0.15, 0.2) is 53.0 Å². The average molecular weight is 346 g/mol. The minimum absolute atomic E-state index is 0.495. The van der Waals surface area contributed by atoms with Crippen molar-refractivity contribution in [1.29, 1.82) is 0 Å². The Hall–Kier alpha value is -1.32. The fourth-order valence-electron chi connectivity index (χ4n) is 2.88. The lowest BCUT2D eigenvalue weighted by molar-refractivity contribution is 0.304. The zero-order chi connectivity index (χ0) is 14.5. The highest BCUT2D eigenvalue weighted by atomic mass is 79.9. The zero-order valence-corrected chi connectivity index (χ0v) is 13.6. The summed E-state index contributed by atoms with van der Waals surface area (Å²) in [6.07, 6.45) is 3.38. The molecule has 2 aromatic rings. The highest BCUT2D eigenvalue weighted by Crippen LogP contribution is 2.35. The molecule has 3 rings (SSSR count). The van der Waals surface area contributed by atoms with Crippen molar-refractivity contribution < 1.29 is 4.74 Å². The van der Waals surface area contributed by atoms with Crippen LogP contribution in [0.5, 0.6) is 5.75 Å². The molecule has 1 unspecified atom stereocenters. The number of nitrogens with one attached hydrogen (secondary N) is 1. The van der Waals surface area contributed by atoms with E-state index in [1.807, 2.05) is 30.3 Å². The monoisotopic (exact) mass is 345 g/mol. The molecule has 0 amide bonds. The van der Waals surface area contributed by atoms with Gasteiger partial charge in [0.05, 0.1) is 6.61 Å². The maximum atomic E-state index is 5.71. The average Bonchev–Trinajstić information content (AvgIpc) is 2.93. The molecule has 110 valence electrons. The van der Waals surface area contributed by atoms with E-state index in [2.05, 4.69) is 39.4 Å². The van der Waals surface area contributed by atoms with Gasteiger partial charge in [0.25, 0.3) is 0 Å². The van der Waals surface area contributed by atoms with Gasteiger partial charge in [-0.1, -0.05) is 46.3 Å². The summed E-state index contributed by atoms with van der Waals surface area (Å²) in [4.78, 5) is 0. The molecular weight excluding hydrogens is 326 g/mol. The molecule has 3 heteroatoms. The Balaban J connectivity index is 1.42. The van der Waals surface area contributed by atoms with Crippen LogP contribution >= 0.6 is 15.9 Å². The minimum atomic E-state index is 0.495. The zero-order valence-electron chi connectivity index (χ0n) is 12.0. The van der Waals surface area contributed by atoms with Gasteiger partial charge >= 0.3 is 0 Å². The van der Waals surface area contributed by atoms with Crippen LogP contribution in [0.4, 0.5) is 0 Å². The Bertz CT molecular complexity index is 585. The van der Waals surface area contributed by atoms with Crippen molar-refractivity contribution in [3.05, 3.63) is 64.1 Å². The third kappa shape index (κ3) is 3.66. The van der Waals surface area contributed by atoms with E-state index in [0.29, 0.717) is 6.04 Å². The molecule has 1 aliphatic carbocycles. The first-order chi connectivity index (χ1) is 10.3. The molecule has 0 fully saturated rings. The lowest BCUT2D eigenvalue weighted by atomic mass is 10.1. The minimum Gasteiger partial charge on any atom is -0.494 e. The summed E-state index contributed by atoms with van der Waals surface area (Å²) in [7, 11) is 0. The summed E-state index contributed by atoms with van der Waals surface area (Å²) in [5.41, 5.74) is 2.92. The highest BCUT2D eigenvalue weighted by Gasteiger charge is 2.22. The number of benzene rings is 2. The fraction of sp³-hybridized carbons (Fsp3) is 0.333. The maximum Gasteiger partial charge on any atom is 0.119 e. The lowest BCUT2D eigenvalue weighted by Gasteiger charge is -2.14. The summed E-state index contributed by atoms with van der Waals surface area (Å²) >= 11 is 3.65. The van der Waals surface area contributed by atoms with Crippen LogP contribution in [0.3, 0.4) is 0 Å². The SMILES string of the molecule is Brc1cccc2c1CCC2NCCCOc1ccccc1. The van der Waals surface area contributed by atoms with Gasteiger partial charge in [-0.15, -0.1) is 0 Å². The van der Waals surface area contributed by atoms with E-state index in [9.17, 15) is 0 Å². The van der Waals surface area contributed by atoms with Crippen molar-refractivity contribution >= 4 is 15.9 Å². The fourth-order valence-corrected chi connectivity index (χ4v) is 3.46. The lowest BCUT2D eigenvalue weighted by Crippen LogP contribution is -2.21. The quantitative estimate of drug-likeness (QED) is 0.778. The summed E-state index contributed by atoms with van der Waals surface area (Å²) < 4.78 is 6.96. The van der Waals surface area contributed by atoms with E-state index in [1.54, 1.807) is 0 Å². The summed E-state index contributed by atoms with van der Waals surface area (Å²) in [6, 6.07) is 17.0. The second-order valence-corrected chi connectivity index (χ2v) is 6.22. The Kier molecular flexibility index (Phi) is 4.94. The summed E-state index contributed by atoms with van der Waals surface area (Å²) in [6.45, 7) is 1.75. The van der Waals surface area contributed by atoms with Crippen molar-refractivity contribution in [3.63, 3.8) is 0 Å². The third-order valence-corrected chi connectivity index (χ3v) is 4.68. The first-order valence-electron chi connectivity index (χ1n) is 7.53. The van der Waals surface area contributed by atoms with Crippen molar-refractivity contribution in [1.82, 2.24) is 5.32 Å². The van der Waals surface area contributed by atoms with Crippen LogP contribution in [0, 0.1) is 0 Å². The van der Waals surface area contributed by atoms with Gasteiger partial charge in [0.2, 0.25) is 0 Å². The first kappa shape index (κ1) is 14.6. The molecule has 1 aliphatic rings. The Labute approximate surface area is 134 Å². The summed E-state index contributed by atoms with van der Waals surface area (Å²) in [5, 5.41) is 3.65. The van der Waals surface area contributed by atoms with Crippen LogP contribution < -0.4 is 10.1 Å². The van der Waals surface area contributed by atoms with Gasteiger partial charge in [0.15, 0.2) is 0 Å². The van der Waals surface area contributed by atoms with Gasteiger partial charge in [-0.3, -0.25) is 0 Å². The molecule has 0 aliphatic heterocycles. The van der Waals surface area contributed by atoms with Gasteiger partial charge < -0.3 is 10.1 Å². The number of hydrogen-bond acceptors (Lipinski definition) is 2. The number of hydrogen-bond donors (Lipinski definition) is 1. The van der Waals surface area contributed by atoms with Gasteiger partial charge in [0.1, 0.15) is 5.75 Å². The molecule has 0 saturated carbocycles. The maximum absolute atomic E-state index is 5.71. The molecule has 2 aromatic carbocycles. The topological polar surface area (TPSA) is 21.3 Å². The molecule has 2 nitrogen and oxygen atoms in total. The highest BCUT2D eigenvalue weighted by molar-refractivity contribution is 9.10. The van der Waals surface area contributed by atoms with Crippen LogP contribution in [-0.2, 0) is 6.42 Å². The molecule has 1 N–H and O–H groups in total. The van der Waals surface area contributed by atoms with E-state index in [0.717, 1.165) is 31.7 Å². The molecule has 21 heavy (non-hydrogen) atoms. The van der Waals surface area contributed by atoms with Crippen LogP contribution in [0.25, 0.3) is 0 Å². The normalized spacial score (nSPS) is 16.7. The smallest absolute Gasteiger partial charge is 0.119 e. The van der Waals surface area contributed by atoms with Crippen LogP contribution in [0.2, 0.25) is 0 Å². The van der Waals surface area contributed by atoms with Crippen molar-refractivity contribution in [2.75, 3.05) is 13.2 Å². The summed E-state index contributed by atoms with van der Waals surface area (Å²) in [5.74, 6) is 0.952. The molecule has 0 heterocycles. The second-order valence-electron chi connectivity index (χ2n) is 5.37. The number of para-hydroxylation sites is 1. The van der Waals surface area contributed by atoms with Crippen LogP contribution in [0.1, 0.15) is 30.0 Å². The van der Waals surface area contributed by atoms with Crippen molar-refractivity contribution in [2.45, 2.75) is 25.3 Å². The van der Waals surface area contributed by atoms with Gasteiger partial charge in [-0.2, -0.15) is 0 Å². The van der Waals surface area contributed by atoms with Crippen LogP contribution in [-0.4, -0.2) is 13.2 Å². The molecule has 0 aromatic heterocycles. The number of fused-ring (bicyclic) bond motifs is 1. The van der Waals surface area contributed by atoms with E-state index in [-0.39, 0.29) is 0 Å². The van der Waals surface area contributed by atoms with E-state index in [4.69, 9.17) is 4.74 Å². The Morgan fingerprint density at radius 1 is 1.10 bits per heavy atom. The van der Waals surface area contributed by atoms with Gasteiger partial charge in [-0.05, 0) is 55.1 Å². The largest absolute Gasteiger partial charge is 0.494 e. The Morgan fingerprint density at radius 2 is 1.95 bits per heavy atom. The molecule has 0 spiro atoms. The predicted octanol–water partition coefficient (Wildman–Crippen LogP) is 4.50. The predicted molar refractivity (Wildman–Crippen MR) is 89.8 cm³/mol. The van der Waals surface area contributed by atoms with Gasteiger partial charge in [-0.25, -0.2) is 0 Å². The first-order valence-corrected chi connectivity index (χ1v) is 8.32. The molecular formula is C18H20BrNO. The van der Waals surface area contributed by atoms with E-state index in [1.165, 1.54) is 22.0 Å². The Morgan fingerprint density at radius 3 is 2.81 bits per heavy atom.